The summed E-state index contributed by atoms with van der Waals surface area (Å²) < 4.78 is 3.96. The van der Waals surface area contributed by atoms with Crippen LogP contribution in [0.4, 0.5) is 0 Å². The molecule has 0 aliphatic carbocycles. The Morgan fingerprint density at radius 2 is 2.23 bits per heavy atom. The van der Waals surface area contributed by atoms with Crippen LogP contribution in [0, 0.1) is 0 Å². The molecule has 0 saturated heterocycles. The van der Waals surface area contributed by atoms with Crippen molar-refractivity contribution in [2.45, 2.75) is 19.9 Å². The van der Waals surface area contributed by atoms with E-state index in [0.717, 1.165) is 32.0 Å². The van der Waals surface area contributed by atoms with Crippen molar-refractivity contribution in [1.29, 1.82) is 0 Å². The Kier molecular flexibility index (Phi) is 5.63. The van der Waals surface area contributed by atoms with E-state index in [-0.39, 0.29) is 0 Å². The van der Waals surface area contributed by atoms with E-state index in [9.17, 15) is 0 Å². The molecule has 0 fully saturated rings. The summed E-state index contributed by atoms with van der Waals surface area (Å²) in [4.78, 5) is 6.87. The van der Waals surface area contributed by atoms with E-state index in [4.69, 9.17) is 4.99 Å². The lowest BCUT2D eigenvalue weighted by molar-refractivity contribution is 0.462. The Morgan fingerprint density at radius 1 is 1.41 bits per heavy atom. The Labute approximate surface area is 132 Å². The van der Waals surface area contributed by atoms with Gasteiger partial charge in [0.1, 0.15) is 0 Å². The largest absolute Gasteiger partial charge is 0.357 e. The Morgan fingerprint density at radius 3 is 2.82 bits per heavy atom. The molecule has 0 atom stereocenters. The van der Waals surface area contributed by atoms with Crippen molar-refractivity contribution in [3.63, 3.8) is 0 Å². The smallest absolute Gasteiger partial charge is 0.194 e. The molecule has 0 amide bonds. The second kappa shape index (κ2) is 7.68. The molecule has 6 nitrogen and oxygen atoms in total. The van der Waals surface area contributed by atoms with Gasteiger partial charge in [0.05, 0.1) is 12.7 Å². The SMILES string of the molecule is CCNC(=NCCc1cnn(C)c1)N(C)Cc1cccn1C. The fourth-order valence-electron chi connectivity index (χ4n) is 2.34. The number of hydrogen-bond acceptors (Lipinski definition) is 2. The quantitative estimate of drug-likeness (QED) is 0.648. The number of nitrogens with one attached hydrogen (secondary N) is 1. The summed E-state index contributed by atoms with van der Waals surface area (Å²) in [6.07, 6.45) is 6.91. The average Bonchev–Trinajstić information content (AvgIpc) is 3.07. The van der Waals surface area contributed by atoms with Crippen molar-refractivity contribution in [1.82, 2.24) is 24.6 Å². The third kappa shape index (κ3) is 4.38. The normalized spacial score (nSPS) is 11.7. The van der Waals surface area contributed by atoms with Crippen molar-refractivity contribution < 1.29 is 0 Å². The predicted molar refractivity (Wildman–Crippen MR) is 89.8 cm³/mol. The Hall–Kier alpha value is -2.24. The number of hydrogen-bond donors (Lipinski definition) is 1. The summed E-state index contributed by atoms with van der Waals surface area (Å²) >= 11 is 0. The number of rotatable bonds is 6. The van der Waals surface area contributed by atoms with Gasteiger partial charge in [-0.3, -0.25) is 9.67 Å². The topological polar surface area (TPSA) is 50.4 Å². The first-order valence-electron chi connectivity index (χ1n) is 7.67. The summed E-state index contributed by atoms with van der Waals surface area (Å²) in [5.74, 6) is 0.938. The van der Waals surface area contributed by atoms with Gasteiger partial charge in [0.2, 0.25) is 0 Å². The van der Waals surface area contributed by atoms with Gasteiger partial charge in [0.25, 0.3) is 0 Å². The lowest BCUT2D eigenvalue weighted by Crippen LogP contribution is -2.39. The van der Waals surface area contributed by atoms with E-state index in [1.54, 1.807) is 0 Å². The molecule has 2 rings (SSSR count). The molecule has 120 valence electrons. The Bertz CT molecular complexity index is 610. The van der Waals surface area contributed by atoms with Crippen LogP contribution in [0.3, 0.4) is 0 Å². The number of aromatic nitrogens is 3. The average molecular weight is 302 g/mol. The van der Waals surface area contributed by atoms with Crippen molar-refractivity contribution in [3.8, 4) is 0 Å². The molecule has 22 heavy (non-hydrogen) atoms. The maximum Gasteiger partial charge on any atom is 0.194 e. The van der Waals surface area contributed by atoms with Gasteiger partial charge in [0, 0.05) is 52.3 Å². The third-order valence-electron chi connectivity index (χ3n) is 3.57. The van der Waals surface area contributed by atoms with Gasteiger partial charge in [-0.15, -0.1) is 0 Å². The summed E-state index contributed by atoms with van der Waals surface area (Å²) in [5.41, 5.74) is 2.48. The molecule has 0 aliphatic heterocycles. The molecule has 2 aromatic heterocycles. The lowest BCUT2D eigenvalue weighted by Gasteiger charge is -2.22. The summed E-state index contributed by atoms with van der Waals surface area (Å²) in [7, 11) is 6.07. The van der Waals surface area contributed by atoms with Crippen molar-refractivity contribution in [3.05, 3.63) is 42.0 Å². The van der Waals surface area contributed by atoms with E-state index in [0.29, 0.717) is 0 Å². The summed E-state index contributed by atoms with van der Waals surface area (Å²) in [5, 5.41) is 7.54. The minimum atomic E-state index is 0.755. The molecule has 6 heteroatoms. The zero-order chi connectivity index (χ0) is 15.9. The van der Waals surface area contributed by atoms with Gasteiger partial charge in [0.15, 0.2) is 5.96 Å². The highest BCUT2D eigenvalue weighted by Crippen LogP contribution is 2.04. The fraction of sp³-hybridized carbons (Fsp3) is 0.500. The first kappa shape index (κ1) is 16.1. The van der Waals surface area contributed by atoms with Crippen LogP contribution < -0.4 is 5.32 Å². The number of aryl methyl sites for hydroxylation is 2. The van der Waals surface area contributed by atoms with E-state index < -0.39 is 0 Å². The molecule has 0 aliphatic rings. The van der Waals surface area contributed by atoms with Crippen LogP contribution in [0.5, 0.6) is 0 Å². The second-order valence-corrected chi connectivity index (χ2v) is 5.47. The van der Waals surface area contributed by atoms with Crippen LogP contribution in [0.2, 0.25) is 0 Å². The Balaban J connectivity index is 1.95. The molecule has 0 saturated carbocycles. The molecule has 2 aromatic rings. The molecule has 0 aromatic carbocycles. The van der Waals surface area contributed by atoms with E-state index in [1.165, 1.54) is 11.3 Å². The molecule has 0 bridgehead atoms. The van der Waals surface area contributed by atoms with Gasteiger partial charge >= 0.3 is 0 Å². The molecule has 0 unspecified atom stereocenters. The van der Waals surface area contributed by atoms with Gasteiger partial charge in [-0.2, -0.15) is 5.10 Å². The second-order valence-electron chi connectivity index (χ2n) is 5.47. The van der Waals surface area contributed by atoms with E-state index in [2.05, 4.69) is 59.2 Å². The van der Waals surface area contributed by atoms with Gasteiger partial charge in [-0.25, -0.2) is 0 Å². The van der Waals surface area contributed by atoms with Crippen molar-refractivity contribution in [2.75, 3.05) is 20.1 Å². The highest BCUT2D eigenvalue weighted by molar-refractivity contribution is 5.79. The predicted octanol–water partition coefficient (Wildman–Crippen LogP) is 1.40. The standard InChI is InChI=1S/C16H26N6/c1-5-17-16(18-9-8-14-11-19-22(4)12-14)21(3)13-15-7-6-10-20(15)2/h6-7,10-12H,5,8-9,13H2,1-4H3,(H,17,18). The van der Waals surface area contributed by atoms with Crippen LogP contribution in [-0.4, -0.2) is 45.3 Å². The summed E-state index contributed by atoms with van der Waals surface area (Å²) in [6, 6.07) is 4.20. The van der Waals surface area contributed by atoms with Crippen molar-refractivity contribution in [2.24, 2.45) is 19.1 Å². The van der Waals surface area contributed by atoms with Crippen LogP contribution in [0.25, 0.3) is 0 Å². The lowest BCUT2D eigenvalue weighted by atomic mass is 10.2. The maximum atomic E-state index is 4.71. The highest BCUT2D eigenvalue weighted by Gasteiger charge is 2.08. The van der Waals surface area contributed by atoms with Crippen LogP contribution >= 0.6 is 0 Å². The molecule has 1 N–H and O–H groups in total. The first-order chi connectivity index (χ1) is 10.6. The zero-order valence-electron chi connectivity index (χ0n) is 14.0. The number of nitrogens with zero attached hydrogens (tertiary/aromatic N) is 5. The third-order valence-corrected chi connectivity index (χ3v) is 3.57. The fourth-order valence-corrected chi connectivity index (χ4v) is 2.34. The van der Waals surface area contributed by atoms with Crippen LogP contribution in [-0.2, 0) is 27.1 Å². The molecule has 0 spiro atoms. The number of aliphatic imine (C=N–C) groups is 1. The molecule has 2 heterocycles. The highest BCUT2D eigenvalue weighted by atomic mass is 15.3. The number of guanidine groups is 1. The van der Waals surface area contributed by atoms with Gasteiger partial charge < -0.3 is 14.8 Å². The molecular weight excluding hydrogens is 276 g/mol. The molecule has 0 radical (unpaired) electrons. The van der Waals surface area contributed by atoms with Gasteiger partial charge in [-0.1, -0.05) is 0 Å². The maximum absolute atomic E-state index is 4.71. The van der Waals surface area contributed by atoms with Gasteiger partial charge in [-0.05, 0) is 31.0 Å². The first-order valence-corrected chi connectivity index (χ1v) is 7.67. The van der Waals surface area contributed by atoms with E-state index >= 15 is 0 Å². The van der Waals surface area contributed by atoms with E-state index in [1.807, 2.05) is 24.1 Å². The monoisotopic (exact) mass is 302 g/mol. The zero-order valence-corrected chi connectivity index (χ0v) is 14.0. The minimum absolute atomic E-state index is 0.755. The minimum Gasteiger partial charge on any atom is -0.357 e. The van der Waals surface area contributed by atoms with Crippen LogP contribution in [0.1, 0.15) is 18.2 Å². The molecular formula is C16H26N6. The van der Waals surface area contributed by atoms with Crippen molar-refractivity contribution >= 4 is 5.96 Å². The van der Waals surface area contributed by atoms with Crippen LogP contribution in [0.15, 0.2) is 35.7 Å². The summed E-state index contributed by atoms with van der Waals surface area (Å²) in [6.45, 7) is 4.55.